The van der Waals surface area contributed by atoms with Gasteiger partial charge < -0.3 is 9.80 Å². The molecule has 0 atom stereocenters. The van der Waals surface area contributed by atoms with Crippen molar-refractivity contribution >= 4 is 55.7 Å². The Morgan fingerprint density at radius 1 is 0.261 bits per heavy atom. The smallest absolute Gasteiger partial charge is 0.0546 e. The van der Waals surface area contributed by atoms with E-state index in [4.69, 9.17) is 0 Å². The normalized spacial score (nSPS) is 11.0. The van der Waals surface area contributed by atoms with Crippen LogP contribution in [0.15, 0.2) is 194 Å². The number of nitrogens with zero attached hydrogens (tertiary/aromatic N) is 2. The Morgan fingerprint density at radius 2 is 0.674 bits per heavy atom. The second-order valence-corrected chi connectivity index (χ2v) is 11.4. The Balaban J connectivity index is 1.47. The first-order valence-electron chi connectivity index (χ1n) is 15.7. The molecule has 46 heavy (non-hydrogen) atoms. The van der Waals surface area contributed by atoms with Crippen molar-refractivity contribution in [3.63, 3.8) is 0 Å². The minimum absolute atomic E-state index is 1.12. The van der Waals surface area contributed by atoms with Crippen molar-refractivity contribution in [2.45, 2.75) is 0 Å². The van der Waals surface area contributed by atoms with Crippen molar-refractivity contribution in [1.29, 1.82) is 0 Å². The number of hydrogen-bond acceptors (Lipinski definition) is 2. The van der Waals surface area contributed by atoms with E-state index in [1.54, 1.807) is 0 Å². The molecular formula is C44H32N2. The predicted octanol–water partition coefficient (Wildman–Crippen LogP) is 12.6. The first kappa shape index (κ1) is 27.4. The van der Waals surface area contributed by atoms with Crippen LogP contribution < -0.4 is 9.80 Å². The van der Waals surface area contributed by atoms with Gasteiger partial charge in [-0.2, -0.15) is 0 Å². The molecule has 0 N–H and O–H groups in total. The fraction of sp³-hybridized carbons (Fsp3) is 0. The summed E-state index contributed by atoms with van der Waals surface area (Å²) in [5.74, 6) is 0. The van der Waals surface area contributed by atoms with E-state index in [0.717, 1.165) is 34.1 Å². The van der Waals surface area contributed by atoms with Gasteiger partial charge in [-0.25, -0.2) is 0 Å². The van der Waals surface area contributed by atoms with E-state index in [0.29, 0.717) is 0 Å². The molecule has 2 heteroatoms. The molecule has 8 aromatic carbocycles. The Hall–Kier alpha value is -6.12. The van der Waals surface area contributed by atoms with Gasteiger partial charge in [-0.15, -0.1) is 0 Å². The topological polar surface area (TPSA) is 6.48 Å². The third kappa shape index (κ3) is 5.06. The summed E-state index contributed by atoms with van der Waals surface area (Å²) in [6.07, 6.45) is 0. The minimum atomic E-state index is 1.12. The third-order valence-electron chi connectivity index (χ3n) is 8.58. The fourth-order valence-corrected chi connectivity index (χ4v) is 6.53. The molecule has 0 fully saturated rings. The number of hydrogen-bond donors (Lipinski definition) is 0. The molecule has 8 rings (SSSR count). The van der Waals surface area contributed by atoms with Gasteiger partial charge in [0, 0.05) is 33.8 Å². The Morgan fingerprint density at radius 3 is 1.17 bits per heavy atom. The average Bonchev–Trinajstić information content (AvgIpc) is 3.14. The maximum atomic E-state index is 2.39. The van der Waals surface area contributed by atoms with Crippen LogP contribution >= 0.6 is 0 Å². The highest BCUT2D eigenvalue weighted by Crippen LogP contribution is 2.46. The first-order valence-corrected chi connectivity index (χ1v) is 15.7. The van der Waals surface area contributed by atoms with Gasteiger partial charge >= 0.3 is 0 Å². The Kier molecular flexibility index (Phi) is 7.22. The van der Waals surface area contributed by atoms with Gasteiger partial charge in [0.05, 0.1) is 5.69 Å². The van der Waals surface area contributed by atoms with Crippen molar-refractivity contribution in [3.05, 3.63) is 194 Å². The quantitative estimate of drug-likeness (QED) is 0.171. The van der Waals surface area contributed by atoms with Crippen LogP contribution in [-0.4, -0.2) is 0 Å². The summed E-state index contributed by atoms with van der Waals surface area (Å²) in [7, 11) is 0. The molecule has 0 saturated heterocycles. The number of anilines is 6. The van der Waals surface area contributed by atoms with Gasteiger partial charge in [0.2, 0.25) is 0 Å². The summed E-state index contributed by atoms with van der Waals surface area (Å²) < 4.78 is 0. The van der Waals surface area contributed by atoms with E-state index in [1.165, 1.54) is 32.7 Å². The average molecular weight is 589 g/mol. The van der Waals surface area contributed by atoms with Crippen LogP contribution in [-0.2, 0) is 0 Å². The monoisotopic (exact) mass is 588 g/mol. The van der Waals surface area contributed by atoms with Crippen molar-refractivity contribution in [1.82, 2.24) is 0 Å². The molecule has 218 valence electrons. The van der Waals surface area contributed by atoms with E-state index >= 15 is 0 Å². The zero-order chi connectivity index (χ0) is 30.7. The van der Waals surface area contributed by atoms with Crippen LogP contribution in [0.4, 0.5) is 34.1 Å². The molecule has 0 unspecified atom stereocenters. The van der Waals surface area contributed by atoms with E-state index in [1.807, 2.05) is 0 Å². The van der Waals surface area contributed by atoms with E-state index in [2.05, 4.69) is 204 Å². The molecule has 0 aliphatic carbocycles. The zero-order valence-corrected chi connectivity index (χ0v) is 25.4. The summed E-state index contributed by atoms with van der Waals surface area (Å²) in [4.78, 5) is 4.74. The van der Waals surface area contributed by atoms with Crippen LogP contribution in [0.3, 0.4) is 0 Å². The molecule has 0 spiro atoms. The predicted molar refractivity (Wildman–Crippen MR) is 196 cm³/mol. The fourth-order valence-electron chi connectivity index (χ4n) is 6.53. The number of fused-ring (bicyclic) bond motifs is 3. The van der Waals surface area contributed by atoms with Gasteiger partial charge in [-0.3, -0.25) is 0 Å². The second-order valence-electron chi connectivity index (χ2n) is 11.4. The van der Waals surface area contributed by atoms with Gasteiger partial charge in [0.15, 0.2) is 0 Å². The first-order chi connectivity index (χ1) is 22.8. The largest absolute Gasteiger partial charge is 0.310 e. The Bertz CT molecular complexity index is 2150. The highest BCUT2D eigenvalue weighted by molar-refractivity contribution is 6.19. The second kappa shape index (κ2) is 12.1. The molecule has 0 radical (unpaired) electrons. The van der Waals surface area contributed by atoms with E-state index in [9.17, 15) is 0 Å². The summed E-state index contributed by atoms with van der Waals surface area (Å²) in [6, 6.07) is 69.3. The lowest BCUT2D eigenvalue weighted by Crippen LogP contribution is -2.11. The maximum absolute atomic E-state index is 2.39. The molecular weight excluding hydrogens is 556 g/mol. The maximum Gasteiger partial charge on any atom is 0.0546 e. The van der Waals surface area contributed by atoms with Crippen LogP contribution in [0.5, 0.6) is 0 Å². The van der Waals surface area contributed by atoms with Gasteiger partial charge in [0.25, 0.3) is 0 Å². The van der Waals surface area contributed by atoms with Crippen LogP contribution in [0.1, 0.15) is 0 Å². The Labute approximate surface area is 270 Å². The summed E-state index contributed by atoms with van der Waals surface area (Å²) in [5, 5.41) is 4.84. The van der Waals surface area contributed by atoms with Gasteiger partial charge in [-0.1, -0.05) is 127 Å². The number of para-hydroxylation sites is 4. The molecule has 0 amide bonds. The molecule has 0 aromatic heterocycles. The zero-order valence-electron chi connectivity index (χ0n) is 25.4. The minimum Gasteiger partial charge on any atom is -0.310 e. The molecule has 0 bridgehead atoms. The SMILES string of the molecule is c1ccc(-c2cc(N(c3ccccc3)c3ccccc3)cc3c2cc(N(c2ccccc2)c2ccccc2)c2ccccc23)cc1. The van der Waals surface area contributed by atoms with Crippen LogP contribution in [0.25, 0.3) is 32.7 Å². The van der Waals surface area contributed by atoms with Gasteiger partial charge in [-0.05, 0) is 94.0 Å². The summed E-state index contributed by atoms with van der Waals surface area (Å²) in [6.45, 7) is 0. The standard InChI is InChI=1S/C44H32N2/c1-6-18-33(19-7-1)41-30-38(45(34-20-8-2-9-21-34)35-22-10-3-11-23-35)31-42-39-28-16-17-29-40(39)44(32-43(41)42)46(36-24-12-4-13-25-36)37-26-14-5-15-27-37/h1-32H. The summed E-state index contributed by atoms with van der Waals surface area (Å²) >= 11 is 0. The van der Waals surface area contributed by atoms with Crippen molar-refractivity contribution < 1.29 is 0 Å². The molecule has 0 aliphatic rings. The van der Waals surface area contributed by atoms with Crippen LogP contribution in [0.2, 0.25) is 0 Å². The lowest BCUT2D eigenvalue weighted by atomic mass is 9.92. The molecule has 0 saturated carbocycles. The highest BCUT2D eigenvalue weighted by Gasteiger charge is 2.21. The molecule has 0 aliphatic heterocycles. The number of rotatable bonds is 7. The molecule has 2 nitrogen and oxygen atoms in total. The van der Waals surface area contributed by atoms with Crippen molar-refractivity contribution in [2.75, 3.05) is 9.80 Å². The van der Waals surface area contributed by atoms with E-state index in [-0.39, 0.29) is 0 Å². The summed E-state index contributed by atoms with van der Waals surface area (Å²) in [5.41, 5.74) is 9.11. The number of benzene rings is 8. The van der Waals surface area contributed by atoms with Crippen molar-refractivity contribution in [2.24, 2.45) is 0 Å². The lowest BCUT2D eigenvalue weighted by molar-refractivity contribution is 1.29. The van der Waals surface area contributed by atoms with Crippen molar-refractivity contribution in [3.8, 4) is 11.1 Å². The lowest BCUT2D eigenvalue weighted by Gasteiger charge is -2.29. The van der Waals surface area contributed by atoms with E-state index < -0.39 is 0 Å². The highest BCUT2D eigenvalue weighted by atomic mass is 15.1. The third-order valence-corrected chi connectivity index (χ3v) is 8.58. The van der Waals surface area contributed by atoms with Gasteiger partial charge in [0.1, 0.15) is 0 Å². The molecule has 0 heterocycles. The molecule has 8 aromatic rings. The van der Waals surface area contributed by atoms with Crippen LogP contribution in [0, 0.1) is 0 Å².